The van der Waals surface area contributed by atoms with Crippen molar-refractivity contribution < 1.29 is 8.78 Å². The van der Waals surface area contributed by atoms with Crippen LogP contribution in [0, 0.1) is 11.8 Å². The minimum absolute atomic E-state index is 0.0289. The van der Waals surface area contributed by atoms with Crippen LogP contribution in [0.25, 0.3) is 0 Å². The van der Waals surface area contributed by atoms with E-state index < -0.39 is 6.05 Å². The van der Waals surface area contributed by atoms with E-state index in [9.17, 15) is 8.78 Å². The number of nitrogens with zero attached hydrogens (tertiary/aromatic N) is 1. The SMILES string of the molecule is CC(C)C1CCN(C)C(F)(F)C1. The normalized spacial score (nSPS) is 31.0. The third-order valence-electron chi connectivity index (χ3n) is 2.84. The number of halogens is 2. The summed E-state index contributed by atoms with van der Waals surface area (Å²) in [5, 5.41) is 0. The van der Waals surface area contributed by atoms with Crippen molar-refractivity contribution in [1.29, 1.82) is 0 Å². The Kier molecular flexibility index (Phi) is 2.71. The zero-order valence-corrected chi connectivity index (χ0v) is 7.98. The average Bonchev–Trinajstić information content (AvgIpc) is 1.94. The molecule has 1 heterocycles. The molecule has 0 saturated carbocycles. The molecule has 1 fully saturated rings. The molecule has 0 radical (unpaired) electrons. The topological polar surface area (TPSA) is 3.24 Å². The van der Waals surface area contributed by atoms with Gasteiger partial charge in [0.25, 0.3) is 0 Å². The largest absolute Gasteiger partial charge is 0.304 e. The van der Waals surface area contributed by atoms with E-state index >= 15 is 0 Å². The molecule has 1 saturated heterocycles. The van der Waals surface area contributed by atoms with Gasteiger partial charge in [-0.05, 0) is 25.3 Å². The van der Waals surface area contributed by atoms with Crippen LogP contribution >= 0.6 is 0 Å². The van der Waals surface area contributed by atoms with Crippen LogP contribution in [0.1, 0.15) is 26.7 Å². The first kappa shape index (κ1) is 9.90. The Morgan fingerprint density at radius 1 is 1.42 bits per heavy atom. The predicted molar refractivity (Wildman–Crippen MR) is 45.1 cm³/mol. The summed E-state index contributed by atoms with van der Waals surface area (Å²) in [4.78, 5) is 1.16. The Bertz CT molecular complexity index is 157. The molecular weight excluding hydrogens is 160 g/mol. The summed E-state index contributed by atoms with van der Waals surface area (Å²) in [6, 6.07) is -2.58. The van der Waals surface area contributed by atoms with Crippen molar-refractivity contribution in [2.24, 2.45) is 11.8 Å². The van der Waals surface area contributed by atoms with E-state index in [1.54, 1.807) is 0 Å². The maximum absolute atomic E-state index is 13.1. The Balaban J connectivity index is 2.57. The van der Waals surface area contributed by atoms with Crippen molar-refractivity contribution >= 4 is 0 Å². The lowest BCUT2D eigenvalue weighted by molar-refractivity contribution is -0.173. The Morgan fingerprint density at radius 3 is 2.42 bits per heavy atom. The molecule has 1 rings (SSSR count). The molecule has 0 amide bonds. The number of piperidine rings is 1. The van der Waals surface area contributed by atoms with E-state index in [2.05, 4.69) is 0 Å². The lowest BCUT2D eigenvalue weighted by Gasteiger charge is -2.38. The summed E-state index contributed by atoms with van der Waals surface area (Å²) < 4.78 is 26.3. The minimum Gasteiger partial charge on any atom is -0.248 e. The van der Waals surface area contributed by atoms with Gasteiger partial charge in [-0.15, -0.1) is 0 Å². The van der Waals surface area contributed by atoms with Crippen molar-refractivity contribution in [3.8, 4) is 0 Å². The maximum Gasteiger partial charge on any atom is 0.304 e. The Morgan fingerprint density at radius 2 is 2.00 bits per heavy atom. The number of hydrogen-bond donors (Lipinski definition) is 0. The van der Waals surface area contributed by atoms with Gasteiger partial charge < -0.3 is 0 Å². The molecule has 1 atom stereocenters. The molecule has 0 aromatic carbocycles. The molecule has 1 nitrogen and oxygen atoms in total. The third-order valence-corrected chi connectivity index (χ3v) is 2.84. The van der Waals surface area contributed by atoms with Gasteiger partial charge in [-0.3, -0.25) is 0 Å². The molecule has 72 valence electrons. The summed E-state index contributed by atoms with van der Waals surface area (Å²) >= 11 is 0. The molecule has 3 heteroatoms. The first-order valence-corrected chi connectivity index (χ1v) is 4.52. The zero-order valence-electron chi connectivity index (χ0n) is 7.98. The van der Waals surface area contributed by atoms with Crippen LogP contribution in [-0.4, -0.2) is 24.5 Å². The van der Waals surface area contributed by atoms with E-state index in [-0.39, 0.29) is 12.3 Å². The van der Waals surface area contributed by atoms with E-state index in [1.807, 2.05) is 13.8 Å². The summed E-state index contributed by atoms with van der Waals surface area (Å²) in [6.07, 6.45) is 0.935. The van der Waals surface area contributed by atoms with Gasteiger partial charge in [0.1, 0.15) is 0 Å². The van der Waals surface area contributed by atoms with Gasteiger partial charge in [-0.2, -0.15) is 8.78 Å². The molecule has 0 aromatic heterocycles. The highest BCUT2D eigenvalue weighted by Gasteiger charge is 2.41. The summed E-state index contributed by atoms with van der Waals surface area (Å²) in [7, 11) is 1.50. The van der Waals surface area contributed by atoms with Crippen LogP contribution in [0.3, 0.4) is 0 Å². The fourth-order valence-electron chi connectivity index (χ4n) is 1.67. The lowest BCUT2D eigenvalue weighted by Crippen LogP contribution is -2.46. The van der Waals surface area contributed by atoms with Crippen molar-refractivity contribution in [3.63, 3.8) is 0 Å². The molecule has 0 spiro atoms. The lowest BCUT2D eigenvalue weighted by atomic mass is 9.86. The quantitative estimate of drug-likeness (QED) is 0.556. The van der Waals surface area contributed by atoms with Crippen LogP contribution in [-0.2, 0) is 0 Å². The fourth-order valence-corrected chi connectivity index (χ4v) is 1.67. The molecule has 12 heavy (non-hydrogen) atoms. The molecule has 0 aromatic rings. The third kappa shape index (κ3) is 1.94. The van der Waals surface area contributed by atoms with E-state index in [1.165, 1.54) is 7.05 Å². The zero-order chi connectivity index (χ0) is 9.35. The Hall–Kier alpha value is -0.180. The highest BCUT2D eigenvalue weighted by atomic mass is 19.3. The van der Waals surface area contributed by atoms with E-state index in [0.717, 1.165) is 11.3 Å². The Labute approximate surface area is 72.7 Å². The van der Waals surface area contributed by atoms with Crippen LogP contribution in [0.15, 0.2) is 0 Å². The van der Waals surface area contributed by atoms with Crippen molar-refractivity contribution in [2.45, 2.75) is 32.7 Å². The first-order chi connectivity index (χ1) is 5.43. The molecule has 0 aliphatic carbocycles. The van der Waals surface area contributed by atoms with E-state index in [0.29, 0.717) is 12.5 Å². The summed E-state index contributed by atoms with van der Waals surface area (Å²) in [5.74, 6) is 0.570. The standard InChI is InChI=1S/C9H17F2N/c1-7(2)8-4-5-12(3)9(10,11)6-8/h7-8H,4-6H2,1-3H3. The van der Waals surface area contributed by atoms with Gasteiger partial charge in [0.05, 0.1) is 0 Å². The van der Waals surface area contributed by atoms with Crippen molar-refractivity contribution in [3.05, 3.63) is 0 Å². The minimum atomic E-state index is -2.58. The molecule has 0 N–H and O–H groups in total. The van der Waals surface area contributed by atoms with Gasteiger partial charge in [-0.25, -0.2) is 4.90 Å². The van der Waals surface area contributed by atoms with Gasteiger partial charge in [0, 0.05) is 13.0 Å². The summed E-state index contributed by atoms with van der Waals surface area (Å²) in [5.41, 5.74) is 0. The fraction of sp³-hybridized carbons (Fsp3) is 1.00. The van der Waals surface area contributed by atoms with Crippen molar-refractivity contribution in [2.75, 3.05) is 13.6 Å². The van der Waals surface area contributed by atoms with Crippen molar-refractivity contribution in [1.82, 2.24) is 4.90 Å². The second-order valence-corrected chi connectivity index (χ2v) is 4.08. The number of rotatable bonds is 1. The predicted octanol–water partition coefficient (Wildman–Crippen LogP) is 2.58. The second kappa shape index (κ2) is 3.29. The second-order valence-electron chi connectivity index (χ2n) is 4.08. The molecule has 1 unspecified atom stereocenters. The molecule has 1 aliphatic rings. The molecule has 1 aliphatic heterocycles. The van der Waals surface area contributed by atoms with Gasteiger partial charge in [0.2, 0.25) is 0 Å². The average molecular weight is 177 g/mol. The monoisotopic (exact) mass is 177 g/mol. The van der Waals surface area contributed by atoms with Crippen LogP contribution in [0.4, 0.5) is 8.78 Å². The molecule has 0 bridgehead atoms. The highest BCUT2D eigenvalue weighted by Crippen LogP contribution is 2.36. The van der Waals surface area contributed by atoms with Crippen LogP contribution in [0.2, 0.25) is 0 Å². The number of likely N-dealkylation sites (tertiary alicyclic amines) is 1. The number of alkyl halides is 2. The maximum atomic E-state index is 13.1. The first-order valence-electron chi connectivity index (χ1n) is 4.52. The van der Waals surface area contributed by atoms with Gasteiger partial charge in [-0.1, -0.05) is 13.8 Å². The summed E-state index contributed by atoms with van der Waals surface area (Å²) in [6.45, 7) is 4.56. The number of hydrogen-bond acceptors (Lipinski definition) is 1. The molecular formula is C9H17F2N. The van der Waals surface area contributed by atoms with Crippen LogP contribution in [0.5, 0.6) is 0 Å². The van der Waals surface area contributed by atoms with Gasteiger partial charge >= 0.3 is 6.05 Å². The highest BCUT2D eigenvalue weighted by molar-refractivity contribution is 4.80. The van der Waals surface area contributed by atoms with Crippen LogP contribution < -0.4 is 0 Å². The smallest absolute Gasteiger partial charge is 0.248 e. The van der Waals surface area contributed by atoms with E-state index in [4.69, 9.17) is 0 Å². The van der Waals surface area contributed by atoms with Gasteiger partial charge in [0.15, 0.2) is 0 Å².